The summed E-state index contributed by atoms with van der Waals surface area (Å²) >= 11 is 0. The topological polar surface area (TPSA) is 97.1 Å². The van der Waals surface area contributed by atoms with Gasteiger partial charge >= 0.3 is 5.97 Å². The van der Waals surface area contributed by atoms with Gasteiger partial charge in [-0.05, 0) is 30.7 Å². The molecule has 0 spiro atoms. The Kier molecular flexibility index (Phi) is 3.56. The highest BCUT2D eigenvalue weighted by Gasteiger charge is 2.09. The third-order valence-corrected chi connectivity index (χ3v) is 2.35. The Morgan fingerprint density at radius 1 is 1.42 bits per heavy atom. The van der Waals surface area contributed by atoms with Gasteiger partial charge < -0.3 is 10.4 Å². The lowest BCUT2D eigenvalue weighted by atomic mass is 10.3. The van der Waals surface area contributed by atoms with Crippen molar-refractivity contribution in [3.05, 3.63) is 41.9 Å². The van der Waals surface area contributed by atoms with Gasteiger partial charge in [-0.25, -0.2) is 9.78 Å². The molecule has 98 valence electrons. The largest absolute Gasteiger partial charge is 0.476 e. The number of amides is 1. The summed E-state index contributed by atoms with van der Waals surface area (Å²) in [5.41, 5.74) is 0.888. The van der Waals surface area contributed by atoms with Gasteiger partial charge in [0.15, 0.2) is 5.69 Å². The first-order valence-corrected chi connectivity index (χ1v) is 5.54. The van der Waals surface area contributed by atoms with Crippen LogP contribution in [0.4, 0.5) is 5.82 Å². The zero-order chi connectivity index (χ0) is 13.8. The molecule has 0 bridgehead atoms. The molecule has 0 saturated heterocycles. The quantitative estimate of drug-likeness (QED) is 0.852. The maximum absolute atomic E-state index is 11.7. The minimum atomic E-state index is -1.13. The van der Waals surface area contributed by atoms with Crippen LogP contribution in [0.25, 0.3) is 0 Å². The molecule has 0 saturated carbocycles. The number of pyridine rings is 1. The highest BCUT2D eigenvalue weighted by Crippen LogP contribution is 2.05. The van der Waals surface area contributed by atoms with Crippen LogP contribution < -0.4 is 5.32 Å². The van der Waals surface area contributed by atoms with Gasteiger partial charge in [0, 0.05) is 12.4 Å². The lowest BCUT2D eigenvalue weighted by molar-refractivity contribution is -0.116. The third kappa shape index (κ3) is 3.38. The summed E-state index contributed by atoms with van der Waals surface area (Å²) in [5, 5.41) is 15.1. The van der Waals surface area contributed by atoms with Crippen LogP contribution in [0.15, 0.2) is 30.6 Å². The molecule has 7 nitrogen and oxygen atoms in total. The molecule has 2 rings (SSSR count). The molecule has 2 N–H and O–H groups in total. The van der Waals surface area contributed by atoms with Crippen LogP contribution in [0.1, 0.15) is 16.1 Å². The van der Waals surface area contributed by atoms with E-state index in [1.165, 1.54) is 16.9 Å². The molecule has 2 heterocycles. The maximum Gasteiger partial charge on any atom is 0.356 e. The number of nitrogens with one attached hydrogen (secondary N) is 1. The van der Waals surface area contributed by atoms with Crippen LogP contribution in [0, 0.1) is 6.92 Å². The predicted molar refractivity (Wildman–Crippen MR) is 66.8 cm³/mol. The van der Waals surface area contributed by atoms with Gasteiger partial charge in [0.25, 0.3) is 0 Å². The Morgan fingerprint density at radius 2 is 2.21 bits per heavy atom. The zero-order valence-electron chi connectivity index (χ0n) is 10.2. The molecule has 0 aliphatic heterocycles. The van der Waals surface area contributed by atoms with Gasteiger partial charge in [0.1, 0.15) is 12.4 Å². The fourth-order valence-electron chi connectivity index (χ4n) is 1.50. The smallest absolute Gasteiger partial charge is 0.356 e. The summed E-state index contributed by atoms with van der Waals surface area (Å²) in [6, 6.07) is 4.90. The SMILES string of the molecule is Cc1ccnc(NC(=O)Cn2ccc(C(=O)O)n2)c1. The third-order valence-electron chi connectivity index (χ3n) is 2.35. The second-order valence-electron chi connectivity index (χ2n) is 3.97. The van der Waals surface area contributed by atoms with Gasteiger partial charge in [-0.3, -0.25) is 9.48 Å². The summed E-state index contributed by atoms with van der Waals surface area (Å²) in [6.07, 6.45) is 3.04. The first-order chi connectivity index (χ1) is 9.04. The molecule has 0 radical (unpaired) electrons. The van der Waals surface area contributed by atoms with E-state index in [4.69, 9.17) is 5.11 Å². The van der Waals surface area contributed by atoms with Crippen molar-refractivity contribution in [3.63, 3.8) is 0 Å². The van der Waals surface area contributed by atoms with E-state index in [0.29, 0.717) is 5.82 Å². The number of carbonyl (C=O) groups is 2. The molecule has 19 heavy (non-hydrogen) atoms. The number of rotatable bonds is 4. The number of hydrogen-bond acceptors (Lipinski definition) is 4. The number of anilines is 1. The van der Waals surface area contributed by atoms with Crippen LogP contribution in [-0.4, -0.2) is 31.7 Å². The normalized spacial score (nSPS) is 10.2. The first-order valence-electron chi connectivity index (χ1n) is 5.54. The van der Waals surface area contributed by atoms with Crippen LogP contribution in [0.3, 0.4) is 0 Å². The standard InChI is InChI=1S/C12H12N4O3/c1-8-2-4-13-10(6-8)14-11(17)7-16-5-3-9(15-16)12(18)19/h2-6H,7H2,1H3,(H,18,19)(H,13,14,17). The Morgan fingerprint density at radius 3 is 2.84 bits per heavy atom. The zero-order valence-corrected chi connectivity index (χ0v) is 10.2. The molecule has 0 aromatic carbocycles. The second-order valence-corrected chi connectivity index (χ2v) is 3.97. The number of carbonyl (C=O) groups excluding carboxylic acids is 1. The summed E-state index contributed by atoms with van der Waals surface area (Å²) in [5.74, 6) is -0.992. The van der Waals surface area contributed by atoms with Crippen LogP contribution in [0.5, 0.6) is 0 Å². The summed E-state index contributed by atoms with van der Waals surface area (Å²) < 4.78 is 1.26. The van der Waals surface area contributed by atoms with Gasteiger partial charge in [0.05, 0.1) is 0 Å². The van der Waals surface area contributed by atoms with E-state index in [9.17, 15) is 9.59 Å². The fourth-order valence-corrected chi connectivity index (χ4v) is 1.50. The Labute approximate surface area is 108 Å². The van der Waals surface area contributed by atoms with Crippen molar-refractivity contribution in [1.82, 2.24) is 14.8 Å². The molecular formula is C12H12N4O3. The van der Waals surface area contributed by atoms with Crippen molar-refractivity contribution >= 4 is 17.7 Å². The Balaban J connectivity index is 1.99. The first kappa shape index (κ1) is 12.7. The van der Waals surface area contributed by atoms with Crippen molar-refractivity contribution in [2.75, 3.05) is 5.32 Å². The lowest BCUT2D eigenvalue weighted by Crippen LogP contribution is -2.20. The molecular weight excluding hydrogens is 248 g/mol. The molecule has 1 amide bonds. The molecule has 0 fully saturated rings. The summed E-state index contributed by atoms with van der Waals surface area (Å²) in [6.45, 7) is 1.83. The number of nitrogens with zero attached hydrogens (tertiary/aromatic N) is 3. The number of hydrogen-bond donors (Lipinski definition) is 2. The summed E-state index contributed by atoms with van der Waals surface area (Å²) in [7, 11) is 0. The predicted octanol–water partition coefficient (Wildman–Crippen LogP) is 0.923. The Hall–Kier alpha value is -2.70. The number of carboxylic acids is 1. The van der Waals surface area contributed by atoms with Crippen molar-refractivity contribution in [2.24, 2.45) is 0 Å². The van der Waals surface area contributed by atoms with E-state index >= 15 is 0 Å². The second kappa shape index (κ2) is 5.30. The molecule has 2 aromatic heterocycles. The number of carboxylic acid groups (broad SMARTS) is 1. The number of aromatic carboxylic acids is 1. The molecule has 0 atom stereocenters. The highest BCUT2D eigenvalue weighted by molar-refractivity contribution is 5.89. The van der Waals surface area contributed by atoms with Gasteiger partial charge in [-0.2, -0.15) is 5.10 Å². The molecule has 0 unspecified atom stereocenters. The maximum atomic E-state index is 11.7. The minimum Gasteiger partial charge on any atom is -0.476 e. The van der Waals surface area contributed by atoms with Crippen LogP contribution in [-0.2, 0) is 11.3 Å². The van der Waals surface area contributed by atoms with Crippen molar-refractivity contribution in [3.8, 4) is 0 Å². The van der Waals surface area contributed by atoms with Gasteiger partial charge in [0.2, 0.25) is 5.91 Å². The summed E-state index contributed by atoms with van der Waals surface area (Å²) in [4.78, 5) is 26.4. The van der Waals surface area contributed by atoms with E-state index in [0.717, 1.165) is 5.56 Å². The van der Waals surface area contributed by atoms with Gasteiger partial charge in [-0.1, -0.05) is 0 Å². The molecule has 2 aromatic rings. The number of aromatic nitrogens is 3. The van der Waals surface area contributed by atoms with Gasteiger partial charge in [-0.15, -0.1) is 0 Å². The van der Waals surface area contributed by atoms with Crippen LogP contribution >= 0.6 is 0 Å². The van der Waals surface area contributed by atoms with E-state index < -0.39 is 5.97 Å². The van der Waals surface area contributed by atoms with E-state index in [2.05, 4.69) is 15.4 Å². The highest BCUT2D eigenvalue weighted by atomic mass is 16.4. The Bertz CT molecular complexity index is 621. The average Bonchev–Trinajstić information content (AvgIpc) is 2.77. The lowest BCUT2D eigenvalue weighted by Gasteiger charge is -2.04. The molecule has 7 heteroatoms. The fraction of sp³-hybridized carbons (Fsp3) is 0.167. The van der Waals surface area contributed by atoms with Crippen molar-refractivity contribution < 1.29 is 14.7 Å². The average molecular weight is 260 g/mol. The molecule has 0 aliphatic carbocycles. The van der Waals surface area contributed by atoms with Crippen LogP contribution in [0.2, 0.25) is 0 Å². The monoisotopic (exact) mass is 260 g/mol. The van der Waals surface area contributed by atoms with Crippen molar-refractivity contribution in [2.45, 2.75) is 13.5 Å². The number of aryl methyl sites for hydroxylation is 1. The van der Waals surface area contributed by atoms with Crippen molar-refractivity contribution in [1.29, 1.82) is 0 Å². The van der Waals surface area contributed by atoms with E-state index in [1.807, 2.05) is 13.0 Å². The minimum absolute atomic E-state index is 0.0666. The van der Waals surface area contributed by atoms with E-state index in [1.54, 1.807) is 12.3 Å². The molecule has 0 aliphatic rings. The van der Waals surface area contributed by atoms with E-state index in [-0.39, 0.29) is 18.1 Å².